The highest BCUT2D eigenvalue weighted by molar-refractivity contribution is 7.22. The minimum Gasteiger partial charge on any atom is -0.495 e. The molecule has 0 bridgehead atoms. The maximum absolute atomic E-state index is 12.8. The predicted octanol–water partition coefficient (Wildman–Crippen LogP) is 3.70. The molecule has 1 saturated heterocycles. The van der Waals surface area contributed by atoms with Gasteiger partial charge in [0.15, 0.2) is 16.6 Å². The van der Waals surface area contributed by atoms with E-state index in [1.807, 2.05) is 17.0 Å². The van der Waals surface area contributed by atoms with Crippen LogP contribution in [0.1, 0.15) is 5.56 Å². The third-order valence-electron chi connectivity index (χ3n) is 5.87. The Morgan fingerprint density at radius 3 is 2.03 bits per heavy atom. The number of carbonyl (C=O) groups excluding carboxylic acids is 1. The number of nitrogens with zero attached hydrogens (tertiary/aromatic N) is 3. The number of hydrogen-bond acceptors (Lipinski definition) is 9. The zero-order valence-corrected chi connectivity index (χ0v) is 21.3. The summed E-state index contributed by atoms with van der Waals surface area (Å²) in [6.45, 7) is 2.58. The highest BCUT2D eigenvalue weighted by Gasteiger charge is 2.24. The molecule has 1 aromatic heterocycles. The Morgan fingerprint density at radius 1 is 0.857 bits per heavy atom. The van der Waals surface area contributed by atoms with E-state index in [2.05, 4.69) is 4.90 Å². The van der Waals surface area contributed by atoms with Gasteiger partial charge in [-0.2, -0.15) is 0 Å². The van der Waals surface area contributed by atoms with Crippen LogP contribution in [0.25, 0.3) is 16.3 Å². The van der Waals surface area contributed by atoms with Crippen LogP contribution in [0.5, 0.6) is 28.7 Å². The molecule has 2 aromatic carbocycles. The number of aromatic nitrogens is 1. The van der Waals surface area contributed by atoms with E-state index >= 15 is 0 Å². The molecule has 1 aliphatic heterocycles. The lowest BCUT2D eigenvalue weighted by atomic mass is 10.1. The van der Waals surface area contributed by atoms with Crippen molar-refractivity contribution in [1.29, 1.82) is 0 Å². The average molecular weight is 500 g/mol. The number of fused-ring (bicyclic) bond motifs is 1. The van der Waals surface area contributed by atoms with Gasteiger partial charge in [-0.15, -0.1) is 0 Å². The molecule has 0 saturated carbocycles. The van der Waals surface area contributed by atoms with Crippen LogP contribution in [0.2, 0.25) is 0 Å². The van der Waals surface area contributed by atoms with Crippen molar-refractivity contribution in [2.75, 3.05) is 66.6 Å². The van der Waals surface area contributed by atoms with Crippen LogP contribution in [-0.2, 0) is 4.79 Å². The van der Waals surface area contributed by atoms with Crippen LogP contribution >= 0.6 is 11.3 Å². The second kappa shape index (κ2) is 10.7. The van der Waals surface area contributed by atoms with Crippen molar-refractivity contribution >= 4 is 38.7 Å². The molecule has 35 heavy (non-hydrogen) atoms. The largest absolute Gasteiger partial charge is 0.495 e. The molecule has 1 aliphatic rings. The molecule has 2 heterocycles. The van der Waals surface area contributed by atoms with Crippen molar-refractivity contribution in [2.45, 2.75) is 0 Å². The Labute approximate surface area is 208 Å². The van der Waals surface area contributed by atoms with Gasteiger partial charge in [0.05, 0.1) is 35.5 Å². The quantitative estimate of drug-likeness (QED) is 0.434. The van der Waals surface area contributed by atoms with Gasteiger partial charge in [0.2, 0.25) is 11.7 Å². The van der Waals surface area contributed by atoms with Crippen LogP contribution in [0, 0.1) is 0 Å². The summed E-state index contributed by atoms with van der Waals surface area (Å²) in [5, 5.41) is 0.892. The predicted molar refractivity (Wildman–Crippen MR) is 137 cm³/mol. The molecule has 0 spiro atoms. The van der Waals surface area contributed by atoms with E-state index in [0.717, 1.165) is 26.7 Å². The maximum atomic E-state index is 12.8. The van der Waals surface area contributed by atoms with Gasteiger partial charge in [-0.05, 0) is 35.9 Å². The average Bonchev–Trinajstić information content (AvgIpc) is 3.36. The second-order valence-corrected chi connectivity index (χ2v) is 8.73. The second-order valence-electron chi connectivity index (χ2n) is 7.75. The molecule has 0 unspecified atom stereocenters. The van der Waals surface area contributed by atoms with Gasteiger partial charge in [-0.1, -0.05) is 11.3 Å². The summed E-state index contributed by atoms with van der Waals surface area (Å²) in [6.07, 6.45) is 3.33. The van der Waals surface area contributed by atoms with E-state index in [-0.39, 0.29) is 5.91 Å². The van der Waals surface area contributed by atoms with Crippen molar-refractivity contribution in [3.63, 3.8) is 0 Å². The van der Waals surface area contributed by atoms with Gasteiger partial charge in [0.1, 0.15) is 21.7 Å². The lowest BCUT2D eigenvalue weighted by Gasteiger charge is -2.34. The number of ether oxygens (including phenoxy) is 5. The van der Waals surface area contributed by atoms with Crippen LogP contribution in [0.15, 0.2) is 30.3 Å². The summed E-state index contributed by atoms with van der Waals surface area (Å²) in [4.78, 5) is 21.7. The zero-order valence-electron chi connectivity index (χ0n) is 20.5. The number of amides is 1. The first-order valence-corrected chi connectivity index (χ1v) is 11.9. The van der Waals surface area contributed by atoms with Gasteiger partial charge >= 0.3 is 0 Å². The number of hydrogen-bond donors (Lipinski definition) is 0. The number of anilines is 1. The molecule has 0 N–H and O–H groups in total. The van der Waals surface area contributed by atoms with Gasteiger partial charge in [-0.25, -0.2) is 4.98 Å². The number of benzene rings is 2. The van der Waals surface area contributed by atoms with E-state index in [9.17, 15) is 4.79 Å². The zero-order chi connectivity index (χ0) is 24.9. The number of rotatable bonds is 8. The lowest BCUT2D eigenvalue weighted by molar-refractivity contribution is -0.126. The molecule has 3 aromatic rings. The molecule has 1 amide bonds. The van der Waals surface area contributed by atoms with Crippen molar-refractivity contribution in [3.8, 4) is 28.7 Å². The van der Waals surface area contributed by atoms with Gasteiger partial charge in [0.25, 0.3) is 0 Å². The molecule has 4 rings (SSSR count). The van der Waals surface area contributed by atoms with E-state index in [0.29, 0.717) is 49.2 Å². The Bertz CT molecular complexity index is 1170. The normalized spacial score (nSPS) is 13.9. The van der Waals surface area contributed by atoms with E-state index in [1.54, 1.807) is 71.2 Å². The third kappa shape index (κ3) is 4.93. The Balaban J connectivity index is 1.44. The lowest BCUT2D eigenvalue weighted by Crippen LogP contribution is -2.48. The van der Waals surface area contributed by atoms with E-state index in [4.69, 9.17) is 28.7 Å². The minimum atomic E-state index is -0.0500. The van der Waals surface area contributed by atoms with Crippen LogP contribution < -0.4 is 28.6 Å². The smallest absolute Gasteiger partial charge is 0.246 e. The monoisotopic (exact) mass is 499 g/mol. The van der Waals surface area contributed by atoms with Crippen molar-refractivity contribution in [3.05, 3.63) is 35.9 Å². The van der Waals surface area contributed by atoms with Crippen LogP contribution in [0.4, 0.5) is 5.13 Å². The first-order chi connectivity index (χ1) is 17.0. The maximum Gasteiger partial charge on any atom is 0.246 e. The Morgan fingerprint density at radius 2 is 1.46 bits per heavy atom. The fourth-order valence-electron chi connectivity index (χ4n) is 4.00. The summed E-state index contributed by atoms with van der Waals surface area (Å²) in [5.74, 6) is 3.03. The number of carbonyl (C=O) groups is 1. The van der Waals surface area contributed by atoms with Gasteiger partial charge < -0.3 is 33.5 Å². The number of methoxy groups -OCH3 is 5. The molecule has 186 valence electrons. The summed E-state index contributed by atoms with van der Waals surface area (Å²) >= 11 is 1.57. The molecule has 9 nitrogen and oxygen atoms in total. The van der Waals surface area contributed by atoms with Crippen LogP contribution in [0.3, 0.4) is 0 Å². The highest BCUT2D eigenvalue weighted by Crippen LogP contribution is 2.40. The van der Waals surface area contributed by atoms with E-state index in [1.165, 1.54) is 0 Å². The fraction of sp³-hybridized carbons (Fsp3) is 0.360. The summed E-state index contributed by atoms with van der Waals surface area (Å²) < 4.78 is 28.0. The first kappa shape index (κ1) is 24.5. The van der Waals surface area contributed by atoms with Crippen molar-refractivity contribution < 1.29 is 28.5 Å². The van der Waals surface area contributed by atoms with Crippen LogP contribution in [-0.4, -0.2) is 77.5 Å². The first-order valence-electron chi connectivity index (χ1n) is 11.1. The number of piperazine rings is 1. The Hall–Kier alpha value is -3.66. The van der Waals surface area contributed by atoms with E-state index < -0.39 is 0 Å². The molecule has 0 atom stereocenters. The standard InChI is InChI=1S/C25H29N3O6S/c1-30-17-7-8-18(31-2)24-22(17)26-25(35-24)28-12-10-27(11-13-28)21(29)9-6-16-14-19(32-3)23(34-5)20(15-16)33-4/h6-9,14-15H,10-13H2,1-5H3/b9-6-. The number of thiazole rings is 1. The fourth-order valence-corrected chi connectivity index (χ4v) is 5.12. The third-order valence-corrected chi connectivity index (χ3v) is 7.00. The summed E-state index contributed by atoms with van der Waals surface area (Å²) in [6, 6.07) is 7.36. The summed E-state index contributed by atoms with van der Waals surface area (Å²) in [7, 11) is 7.97. The molecule has 0 radical (unpaired) electrons. The summed E-state index contributed by atoms with van der Waals surface area (Å²) in [5.41, 5.74) is 1.57. The molecule has 1 fully saturated rings. The molecule has 0 aliphatic carbocycles. The SMILES string of the molecule is COc1cc(/C=C\C(=O)N2CCN(c3nc4c(OC)ccc(OC)c4s3)CC2)cc(OC)c1OC. The highest BCUT2D eigenvalue weighted by atomic mass is 32.1. The molecular formula is C25H29N3O6S. The minimum absolute atomic E-state index is 0.0500. The van der Waals surface area contributed by atoms with Crippen molar-refractivity contribution in [1.82, 2.24) is 9.88 Å². The topological polar surface area (TPSA) is 82.6 Å². The molecular weight excluding hydrogens is 470 g/mol. The van der Waals surface area contributed by atoms with Gasteiger partial charge in [-0.3, -0.25) is 4.79 Å². The van der Waals surface area contributed by atoms with Gasteiger partial charge in [0, 0.05) is 32.3 Å². The Kier molecular flexibility index (Phi) is 7.50. The molecule has 10 heteroatoms. The van der Waals surface area contributed by atoms with Crippen molar-refractivity contribution in [2.24, 2.45) is 0 Å².